The van der Waals surface area contributed by atoms with E-state index in [0.717, 1.165) is 27.8 Å². The van der Waals surface area contributed by atoms with Gasteiger partial charge < -0.3 is 9.47 Å². The normalized spacial score (nSPS) is 26.4. The van der Waals surface area contributed by atoms with Gasteiger partial charge in [0.1, 0.15) is 12.8 Å². The topological polar surface area (TPSA) is 62.8 Å². The van der Waals surface area contributed by atoms with Gasteiger partial charge in [-0.1, -0.05) is 66.4 Å². The second-order valence-corrected chi connectivity index (χ2v) is 8.53. The van der Waals surface area contributed by atoms with Crippen molar-refractivity contribution in [1.82, 2.24) is 15.8 Å². The minimum atomic E-state index is -0.232. The van der Waals surface area contributed by atoms with Gasteiger partial charge in [-0.2, -0.15) is 0 Å². The fourth-order valence-electron chi connectivity index (χ4n) is 4.03. The summed E-state index contributed by atoms with van der Waals surface area (Å²) in [5.74, 6) is 1.43. The fraction of sp³-hybridized carbons (Fsp3) is 0.174. The third kappa shape index (κ3) is 2.94. The Labute approximate surface area is 177 Å². The Kier molecular flexibility index (Phi) is 4.19. The highest BCUT2D eigenvalue weighted by Crippen LogP contribution is 2.38. The molecule has 6 nitrogen and oxygen atoms in total. The summed E-state index contributed by atoms with van der Waals surface area (Å²) < 4.78 is 11.9. The van der Waals surface area contributed by atoms with Crippen molar-refractivity contribution in [3.63, 3.8) is 0 Å². The molecule has 2 N–H and O–H groups in total. The van der Waals surface area contributed by atoms with Gasteiger partial charge in [0.15, 0.2) is 23.1 Å². The average molecular weight is 417 g/mol. The van der Waals surface area contributed by atoms with E-state index >= 15 is 0 Å². The monoisotopic (exact) mass is 417 g/mol. The lowest BCUT2D eigenvalue weighted by atomic mass is 10.0. The van der Waals surface area contributed by atoms with Gasteiger partial charge in [-0.3, -0.25) is 10.1 Å². The van der Waals surface area contributed by atoms with Crippen LogP contribution in [-0.2, 0) is 4.79 Å². The van der Waals surface area contributed by atoms with Crippen molar-refractivity contribution >= 4 is 34.5 Å². The molecule has 0 aliphatic carbocycles. The summed E-state index contributed by atoms with van der Waals surface area (Å²) in [4.78, 5) is 13.7. The molecule has 7 heteroatoms. The second-order valence-electron chi connectivity index (χ2n) is 7.41. The number of hydrazine groups is 1. The van der Waals surface area contributed by atoms with Gasteiger partial charge >= 0.3 is 0 Å². The molecule has 3 aromatic carbocycles. The number of ether oxygens (including phenoxy) is 2. The van der Waals surface area contributed by atoms with Crippen LogP contribution in [0.5, 0.6) is 11.5 Å². The molecule has 0 aromatic heterocycles. The second kappa shape index (κ2) is 7.05. The highest BCUT2D eigenvalue weighted by molar-refractivity contribution is 8.05. The fourth-order valence-corrected chi connectivity index (χ4v) is 5.14. The largest absolute Gasteiger partial charge is 0.486 e. The maximum absolute atomic E-state index is 13.0. The van der Waals surface area contributed by atoms with Gasteiger partial charge in [0.05, 0.1) is 4.91 Å². The maximum atomic E-state index is 13.0. The standard InChI is InChI=1S/C23H19N3O3S/c27-22-20(12-15-8-5-7-14-6-1-2-9-16(14)15)30-23-24-21(25-26(22)23)19-13-28-17-10-3-4-11-18(17)29-19/h1-12,19,21,23-25H,13H2/b20-12-. The number of benzene rings is 3. The smallest absolute Gasteiger partial charge is 0.276 e. The molecule has 0 saturated carbocycles. The van der Waals surface area contributed by atoms with Gasteiger partial charge in [-0.15, -0.1) is 0 Å². The van der Waals surface area contributed by atoms with E-state index in [9.17, 15) is 4.79 Å². The first kappa shape index (κ1) is 17.8. The molecule has 6 rings (SSSR count). The van der Waals surface area contributed by atoms with Crippen LogP contribution in [0.2, 0.25) is 0 Å². The van der Waals surface area contributed by atoms with Crippen LogP contribution < -0.4 is 20.2 Å². The molecule has 3 aliphatic rings. The molecule has 0 spiro atoms. The van der Waals surface area contributed by atoms with E-state index in [-0.39, 0.29) is 23.7 Å². The summed E-state index contributed by atoms with van der Waals surface area (Å²) in [5, 5.41) is 7.40. The van der Waals surface area contributed by atoms with Crippen LogP contribution in [-0.4, -0.2) is 35.3 Å². The number of hydrogen-bond donors (Lipinski definition) is 2. The van der Waals surface area contributed by atoms with E-state index in [1.807, 2.05) is 54.6 Å². The van der Waals surface area contributed by atoms with Crippen molar-refractivity contribution < 1.29 is 14.3 Å². The number of hydrogen-bond acceptors (Lipinski definition) is 6. The van der Waals surface area contributed by atoms with Crippen molar-refractivity contribution in [3.8, 4) is 11.5 Å². The summed E-state index contributed by atoms with van der Waals surface area (Å²) in [6.07, 6.45) is 1.53. The Morgan fingerprint density at radius 1 is 1.00 bits per heavy atom. The zero-order valence-electron chi connectivity index (χ0n) is 15.9. The summed E-state index contributed by atoms with van der Waals surface area (Å²) in [7, 11) is 0. The molecule has 2 fully saturated rings. The number of carbonyl (C=O) groups is 1. The lowest BCUT2D eigenvalue weighted by molar-refractivity contribution is -0.128. The molecule has 3 atom stereocenters. The number of rotatable bonds is 2. The minimum Gasteiger partial charge on any atom is -0.486 e. The Hall–Kier alpha value is -3.00. The van der Waals surface area contributed by atoms with Gasteiger partial charge in [0, 0.05) is 0 Å². The van der Waals surface area contributed by atoms with Gasteiger partial charge in [-0.05, 0) is 34.5 Å². The maximum Gasteiger partial charge on any atom is 0.276 e. The molecular weight excluding hydrogens is 398 g/mol. The van der Waals surface area contributed by atoms with Crippen molar-refractivity contribution in [2.75, 3.05) is 6.61 Å². The van der Waals surface area contributed by atoms with E-state index < -0.39 is 0 Å². The van der Waals surface area contributed by atoms with Crippen molar-refractivity contribution in [1.29, 1.82) is 0 Å². The number of thioether (sulfide) groups is 1. The minimum absolute atomic E-state index is 0.0370. The summed E-state index contributed by atoms with van der Waals surface area (Å²) >= 11 is 1.51. The third-order valence-corrected chi connectivity index (χ3v) is 6.63. The average Bonchev–Trinajstić information content (AvgIpc) is 3.33. The number of nitrogens with one attached hydrogen (secondary N) is 2. The Bertz CT molecular complexity index is 1180. The predicted molar refractivity (Wildman–Crippen MR) is 117 cm³/mol. The van der Waals surface area contributed by atoms with Crippen LogP contribution in [0.4, 0.5) is 0 Å². The van der Waals surface area contributed by atoms with E-state index in [2.05, 4.69) is 28.9 Å². The molecule has 3 aromatic rings. The van der Waals surface area contributed by atoms with Crippen LogP contribution in [0.3, 0.4) is 0 Å². The van der Waals surface area contributed by atoms with Crippen molar-refractivity contribution in [2.24, 2.45) is 0 Å². The molecule has 150 valence electrons. The van der Waals surface area contributed by atoms with Crippen LogP contribution in [0, 0.1) is 0 Å². The van der Waals surface area contributed by atoms with Gasteiger partial charge in [-0.25, -0.2) is 10.4 Å². The molecule has 0 radical (unpaired) electrons. The lowest BCUT2D eigenvalue weighted by Crippen LogP contribution is -2.52. The number of fused-ring (bicyclic) bond motifs is 3. The Morgan fingerprint density at radius 3 is 2.70 bits per heavy atom. The summed E-state index contributed by atoms with van der Waals surface area (Å²) in [6.45, 7) is 0.416. The number of amides is 1. The first-order chi connectivity index (χ1) is 14.8. The Balaban J connectivity index is 1.20. The molecule has 3 unspecified atom stereocenters. The first-order valence-corrected chi connectivity index (χ1v) is 10.7. The number of nitrogens with zero attached hydrogens (tertiary/aromatic N) is 1. The molecule has 3 heterocycles. The zero-order valence-corrected chi connectivity index (χ0v) is 16.8. The van der Waals surface area contributed by atoms with Crippen LogP contribution in [0.1, 0.15) is 5.56 Å². The summed E-state index contributed by atoms with van der Waals surface area (Å²) in [6, 6.07) is 22.0. The van der Waals surface area contributed by atoms with Crippen molar-refractivity contribution in [3.05, 3.63) is 77.2 Å². The van der Waals surface area contributed by atoms with E-state index in [1.165, 1.54) is 11.8 Å². The quantitative estimate of drug-likeness (QED) is 0.624. The van der Waals surface area contributed by atoms with Crippen LogP contribution in [0.25, 0.3) is 16.8 Å². The van der Waals surface area contributed by atoms with E-state index in [4.69, 9.17) is 9.47 Å². The van der Waals surface area contributed by atoms with Crippen LogP contribution >= 0.6 is 11.8 Å². The van der Waals surface area contributed by atoms with E-state index in [0.29, 0.717) is 11.5 Å². The van der Waals surface area contributed by atoms with Gasteiger partial charge in [0.25, 0.3) is 5.91 Å². The number of para-hydroxylation sites is 2. The SMILES string of the molecule is O=C1/C(=C/c2cccc3ccccc23)SC2NC(C3COc4ccccc4O3)NN12. The van der Waals surface area contributed by atoms with E-state index in [1.54, 1.807) is 5.01 Å². The predicted octanol–water partition coefficient (Wildman–Crippen LogP) is 3.31. The molecule has 0 bridgehead atoms. The van der Waals surface area contributed by atoms with Crippen molar-refractivity contribution in [2.45, 2.75) is 17.8 Å². The van der Waals surface area contributed by atoms with Gasteiger partial charge in [0.2, 0.25) is 0 Å². The van der Waals surface area contributed by atoms with Crippen LogP contribution in [0.15, 0.2) is 71.6 Å². The third-order valence-electron chi connectivity index (χ3n) is 5.52. The molecule has 1 amide bonds. The first-order valence-electron chi connectivity index (χ1n) is 9.87. The lowest BCUT2D eigenvalue weighted by Gasteiger charge is -2.30. The highest BCUT2D eigenvalue weighted by atomic mass is 32.2. The molecule has 2 saturated heterocycles. The molecule has 3 aliphatic heterocycles. The molecular formula is C23H19N3O3S. The summed E-state index contributed by atoms with van der Waals surface area (Å²) in [5.41, 5.74) is 4.13. The highest BCUT2D eigenvalue weighted by Gasteiger charge is 2.46. The Morgan fingerprint density at radius 2 is 1.80 bits per heavy atom. The molecule has 30 heavy (non-hydrogen) atoms. The number of carbonyl (C=O) groups excluding carboxylic acids is 1. The zero-order chi connectivity index (χ0) is 20.1.